The van der Waals surface area contributed by atoms with E-state index in [1.807, 2.05) is 14.0 Å². The summed E-state index contributed by atoms with van der Waals surface area (Å²) < 4.78 is 0. The van der Waals surface area contributed by atoms with E-state index in [1.165, 1.54) is 19.4 Å². The third kappa shape index (κ3) is 2.68. The summed E-state index contributed by atoms with van der Waals surface area (Å²) in [6.45, 7) is 4.18. The van der Waals surface area contributed by atoms with Gasteiger partial charge in [-0.15, -0.1) is 0 Å². The van der Waals surface area contributed by atoms with E-state index in [0.717, 1.165) is 6.54 Å². The van der Waals surface area contributed by atoms with Crippen molar-refractivity contribution in [1.29, 1.82) is 5.26 Å². The largest absolute Gasteiger partial charge is 0.302 e. The lowest BCUT2D eigenvalue weighted by molar-refractivity contribution is 0.206. The normalized spacial score (nSPS) is 26.2. The van der Waals surface area contributed by atoms with E-state index in [2.05, 4.69) is 22.9 Å². The number of rotatable bonds is 3. The highest BCUT2D eigenvalue weighted by Gasteiger charge is 2.23. The van der Waals surface area contributed by atoms with Crippen molar-refractivity contribution in [3.8, 4) is 6.07 Å². The average Bonchev–Trinajstić information content (AvgIpc) is 2.50. The molecule has 74 valence electrons. The highest BCUT2D eigenvalue weighted by atomic mass is 15.2. The molecule has 1 saturated heterocycles. The van der Waals surface area contributed by atoms with Gasteiger partial charge in [0.2, 0.25) is 0 Å². The highest BCUT2D eigenvalue weighted by molar-refractivity contribution is 4.89. The van der Waals surface area contributed by atoms with Crippen LogP contribution >= 0.6 is 0 Å². The molecular formula is C10H19N3. The zero-order chi connectivity index (χ0) is 9.84. The van der Waals surface area contributed by atoms with Crippen LogP contribution in [0.2, 0.25) is 0 Å². The predicted octanol–water partition coefficient (Wildman–Crippen LogP) is 0.924. The summed E-state index contributed by atoms with van der Waals surface area (Å²) in [5.41, 5.74) is 0. The molecule has 1 fully saturated rings. The number of likely N-dealkylation sites (tertiary alicyclic amines) is 1. The van der Waals surface area contributed by atoms with Crippen molar-refractivity contribution >= 4 is 0 Å². The van der Waals surface area contributed by atoms with Crippen LogP contribution in [0.3, 0.4) is 0 Å². The van der Waals surface area contributed by atoms with Crippen LogP contribution in [0.4, 0.5) is 0 Å². The molecule has 1 aliphatic heterocycles. The first-order valence-electron chi connectivity index (χ1n) is 4.95. The van der Waals surface area contributed by atoms with E-state index in [0.29, 0.717) is 6.04 Å². The SMILES string of the molecule is CC(C#N)N(C)CC1CCCN1C. The second-order valence-electron chi connectivity index (χ2n) is 4.02. The molecule has 0 aliphatic carbocycles. The van der Waals surface area contributed by atoms with Gasteiger partial charge in [0.15, 0.2) is 0 Å². The minimum atomic E-state index is 0.0361. The second-order valence-corrected chi connectivity index (χ2v) is 4.02. The minimum Gasteiger partial charge on any atom is -0.302 e. The van der Waals surface area contributed by atoms with E-state index in [1.54, 1.807) is 0 Å². The van der Waals surface area contributed by atoms with Crippen LogP contribution in [0.25, 0.3) is 0 Å². The first kappa shape index (κ1) is 10.5. The Hall–Kier alpha value is -0.590. The van der Waals surface area contributed by atoms with E-state index >= 15 is 0 Å². The van der Waals surface area contributed by atoms with E-state index < -0.39 is 0 Å². The predicted molar refractivity (Wildman–Crippen MR) is 53.4 cm³/mol. The monoisotopic (exact) mass is 181 g/mol. The van der Waals surface area contributed by atoms with Crippen LogP contribution in [0, 0.1) is 11.3 Å². The fraction of sp³-hybridized carbons (Fsp3) is 0.900. The fourth-order valence-corrected chi connectivity index (χ4v) is 1.80. The van der Waals surface area contributed by atoms with E-state index in [4.69, 9.17) is 5.26 Å². The van der Waals surface area contributed by atoms with Gasteiger partial charge in [0.1, 0.15) is 0 Å². The Morgan fingerprint density at radius 1 is 1.69 bits per heavy atom. The fourth-order valence-electron chi connectivity index (χ4n) is 1.80. The van der Waals surface area contributed by atoms with Gasteiger partial charge in [-0.25, -0.2) is 0 Å². The van der Waals surface area contributed by atoms with Crippen molar-refractivity contribution in [1.82, 2.24) is 9.80 Å². The quantitative estimate of drug-likeness (QED) is 0.648. The van der Waals surface area contributed by atoms with Crippen molar-refractivity contribution in [2.75, 3.05) is 27.2 Å². The Morgan fingerprint density at radius 3 is 2.85 bits per heavy atom. The molecule has 0 N–H and O–H groups in total. The van der Waals surface area contributed by atoms with Crippen LogP contribution in [0.5, 0.6) is 0 Å². The molecule has 2 atom stereocenters. The molecule has 0 bridgehead atoms. The number of nitrogens with zero attached hydrogens (tertiary/aromatic N) is 3. The molecular weight excluding hydrogens is 162 g/mol. The molecule has 0 spiro atoms. The Morgan fingerprint density at radius 2 is 2.38 bits per heavy atom. The molecule has 0 saturated carbocycles. The standard InChI is InChI=1S/C10H19N3/c1-9(7-11)13(3)8-10-5-4-6-12(10)2/h9-10H,4-6,8H2,1-3H3. The van der Waals surface area contributed by atoms with Crippen LogP contribution in [0.15, 0.2) is 0 Å². The van der Waals surface area contributed by atoms with Crippen molar-refractivity contribution in [2.24, 2.45) is 0 Å². The van der Waals surface area contributed by atoms with Crippen molar-refractivity contribution in [3.05, 3.63) is 0 Å². The van der Waals surface area contributed by atoms with Crippen molar-refractivity contribution < 1.29 is 0 Å². The maximum Gasteiger partial charge on any atom is 0.0947 e. The van der Waals surface area contributed by atoms with Gasteiger partial charge >= 0.3 is 0 Å². The summed E-state index contributed by atoms with van der Waals surface area (Å²) in [6.07, 6.45) is 2.58. The summed E-state index contributed by atoms with van der Waals surface area (Å²) in [7, 11) is 4.20. The molecule has 3 nitrogen and oxygen atoms in total. The molecule has 1 aliphatic rings. The Labute approximate surface area is 80.9 Å². The number of likely N-dealkylation sites (N-methyl/N-ethyl adjacent to an activating group) is 2. The number of hydrogen-bond acceptors (Lipinski definition) is 3. The van der Waals surface area contributed by atoms with Gasteiger partial charge in [-0.3, -0.25) is 4.90 Å². The van der Waals surface area contributed by atoms with Crippen LogP contribution < -0.4 is 0 Å². The summed E-state index contributed by atoms with van der Waals surface area (Å²) in [6, 6.07) is 2.95. The minimum absolute atomic E-state index is 0.0361. The number of nitriles is 1. The first-order valence-corrected chi connectivity index (χ1v) is 4.95. The lowest BCUT2D eigenvalue weighted by atomic mass is 10.2. The lowest BCUT2D eigenvalue weighted by Crippen LogP contribution is -2.40. The van der Waals surface area contributed by atoms with Crippen molar-refractivity contribution in [3.63, 3.8) is 0 Å². The van der Waals surface area contributed by atoms with E-state index in [-0.39, 0.29) is 6.04 Å². The zero-order valence-electron chi connectivity index (χ0n) is 8.82. The van der Waals surface area contributed by atoms with Gasteiger partial charge in [-0.05, 0) is 40.4 Å². The number of hydrogen-bond donors (Lipinski definition) is 0. The van der Waals surface area contributed by atoms with Gasteiger partial charge in [0.05, 0.1) is 12.1 Å². The maximum absolute atomic E-state index is 8.74. The first-order chi connectivity index (χ1) is 6.15. The molecule has 3 heteroatoms. The molecule has 0 radical (unpaired) electrons. The van der Waals surface area contributed by atoms with Crippen LogP contribution in [0.1, 0.15) is 19.8 Å². The van der Waals surface area contributed by atoms with E-state index in [9.17, 15) is 0 Å². The highest BCUT2D eigenvalue weighted by Crippen LogP contribution is 2.15. The molecule has 1 heterocycles. The van der Waals surface area contributed by atoms with Gasteiger partial charge in [0.25, 0.3) is 0 Å². The Bertz CT molecular complexity index is 197. The average molecular weight is 181 g/mol. The van der Waals surface area contributed by atoms with Gasteiger partial charge in [-0.2, -0.15) is 5.26 Å². The van der Waals surface area contributed by atoms with Gasteiger partial charge in [-0.1, -0.05) is 0 Å². The molecule has 0 amide bonds. The molecule has 2 unspecified atom stereocenters. The van der Waals surface area contributed by atoms with Crippen LogP contribution in [-0.4, -0.2) is 49.1 Å². The molecule has 0 aromatic carbocycles. The smallest absolute Gasteiger partial charge is 0.0947 e. The molecule has 13 heavy (non-hydrogen) atoms. The summed E-state index contributed by atoms with van der Waals surface area (Å²) in [4.78, 5) is 4.52. The summed E-state index contributed by atoms with van der Waals surface area (Å²) >= 11 is 0. The second kappa shape index (κ2) is 4.59. The lowest BCUT2D eigenvalue weighted by Gasteiger charge is -2.26. The van der Waals surface area contributed by atoms with Crippen LogP contribution in [-0.2, 0) is 0 Å². The zero-order valence-corrected chi connectivity index (χ0v) is 8.82. The third-order valence-corrected chi connectivity index (χ3v) is 3.02. The Kier molecular flexibility index (Phi) is 3.71. The topological polar surface area (TPSA) is 30.3 Å². The van der Waals surface area contributed by atoms with Gasteiger partial charge < -0.3 is 4.90 Å². The third-order valence-electron chi connectivity index (χ3n) is 3.02. The molecule has 0 aromatic heterocycles. The summed E-state index contributed by atoms with van der Waals surface area (Å²) in [5.74, 6) is 0. The molecule has 0 aromatic rings. The molecule has 1 rings (SSSR count). The Balaban J connectivity index is 2.36. The summed E-state index contributed by atoms with van der Waals surface area (Å²) in [5, 5.41) is 8.74. The maximum atomic E-state index is 8.74. The van der Waals surface area contributed by atoms with Crippen molar-refractivity contribution in [2.45, 2.75) is 31.8 Å². The van der Waals surface area contributed by atoms with Gasteiger partial charge in [0, 0.05) is 12.6 Å².